The molecule has 1 aromatic carbocycles. The van der Waals surface area contributed by atoms with Gasteiger partial charge in [0.05, 0.1) is 12.2 Å². The molecule has 0 N–H and O–H groups in total. The van der Waals surface area contributed by atoms with Crippen LogP contribution in [0.15, 0.2) is 30.3 Å². The minimum Gasteiger partial charge on any atom is -0.379 e. The van der Waals surface area contributed by atoms with Crippen LogP contribution < -0.4 is 0 Å². The maximum Gasteiger partial charge on any atom is 0.168 e. The minimum atomic E-state index is -0.229. The Labute approximate surface area is 103 Å². The van der Waals surface area contributed by atoms with E-state index in [9.17, 15) is 4.79 Å². The molecule has 0 saturated carbocycles. The zero-order valence-corrected chi connectivity index (χ0v) is 10.8. The second kappa shape index (κ2) is 6.52. The van der Waals surface area contributed by atoms with Crippen molar-refractivity contribution in [1.29, 1.82) is 0 Å². The second-order valence-electron chi connectivity index (χ2n) is 4.16. The lowest BCUT2D eigenvalue weighted by Gasteiger charge is -2.26. The Morgan fingerprint density at radius 1 is 1.06 bits per heavy atom. The van der Waals surface area contributed by atoms with Crippen LogP contribution in [0.4, 0.5) is 0 Å². The smallest absolute Gasteiger partial charge is 0.168 e. The summed E-state index contributed by atoms with van der Waals surface area (Å²) in [5.41, 5.74) is 0.713. The van der Waals surface area contributed by atoms with Gasteiger partial charge in [-0.05, 0) is 6.92 Å². The first kappa shape index (κ1) is 13.9. The molecule has 0 aliphatic carbocycles. The highest BCUT2D eigenvalue weighted by atomic mass is 16.5. The molecule has 1 aromatic rings. The summed E-state index contributed by atoms with van der Waals surface area (Å²) in [4.78, 5) is 12.2. The van der Waals surface area contributed by atoms with Gasteiger partial charge < -0.3 is 9.47 Å². The van der Waals surface area contributed by atoms with Crippen LogP contribution in [0.25, 0.3) is 0 Å². The normalized spacial score (nSPS) is 16.2. The van der Waals surface area contributed by atoms with Crippen LogP contribution in [0.5, 0.6) is 0 Å². The van der Waals surface area contributed by atoms with E-state index >= 15 is 0 Å². The summed E-state index contributed by atoms with van der Waals surface area (Å²) in [6.07, 6.45) is -0.338. The van der Waals surface area contributed by atoms with E-state index in [1.54, 1.807) is 14.2 Å². The van der Waals surface area contributed by atoms with Crippen molar-refractivity contribution in [2.75, 3.05) is 14.2 Å². The first-order chi connectivity index (χ1) is 8.11. The number of ether oxygens (including phenoxy) is 2. The number of rotatable bonds is 6. The lowest BCUT2D eigenvalue weighted by Crippen LogP contribution is -2.37. The first-order valence-corrected chi connectivity index (χ1v) is 5.76. The SMILES string of the molecule is COC(C)C(OC)C(C)C(=O)c1ccccc1. The van der Waals surface area contributed by atoms with E-state index < -0.39 is 0 Å². The fourth-order valence-corrected chi connectivity index (χ4v) is 1.95. The Balaban J connectivity index is 2.81. The fourth-order valence-electron chi connectivity index (χ4n) is 1.95. The van der Waals surface area contributed by atoms with Gasteiger partial charge in [-0.1, -0.05) is 37.3 Å². The van der Waals surface area contributed by atoms with E-state index in [0.29, 0.717) is 5.56 Å². The Morgan fingerprint density at radius 3 is 2.12 bits per heavy atom. The molecule has 0 spiro atoms. The minimum absolute atomic E-state index is 0.0846. The number of hydrogen-bond acceptors (Lipinski definition) is 3. The highest BCUT2D eigenvalue weighted by molar-refractivity contribution is 5.98. The predicted molar refractivity (Wildman–Crippen MR) is 67.2 cm³/mol. The number of benzene rings is 1. The maximum absolute atomic E-state index is 12.2. The van der Waals surface area contributed by atoms with Gasteiger partial charge in [-0.15, -0.1) is 0 Å². The Kier molecular flexibility index (Phi) is 5.32. The molecular formula is C14H20O3. The van der Waals surface area contributed by atoms with Crippen molar-refractivity contribution in [2.45, 2.75) is 26.1 Å². The molecule has 1 rings (SSSR count). The summed E-state index contributed by atoms with van der Waals surface area (Å²) in [5, 5.41) is 0. The quantitative estimate of drug-likeness (QED) is 0.712. The van der Waals surface area contributed by atoms with Crippen molar-refractivity contribution in [3.8, 4) is 0 Å². The summed E-state index contributed by atoms with van der Waals surface area (Å²) in [5.74, 6) is -0.140. The molecule has 94 valence electrons. The molecular weight excluding hydrogens is 216 g/mol. The van der Waals surface area contributed by atoms with E-state index in [0.717, 1.165) is 0 Å². The Morgan fingerprint density at radius 2 is 1.65 bits per heavy atom. The third-order valence-corrected chi connectivity index (χ3v) is 3.07. The molecule has 0 aliphatic heterocycles. The molecule has 0 saturated heterocycles. The number of ketones is 1. The van der Waals surface area contributed by atoms with Gasteiger partial charge >= 0.3 is 0 Å². The molecule has 17 heavy (non-hydrogen) atoms. The van der Waals surface area contributed by atoms with E-state index in [2.05, 4.69) is 0 Å². The van der Waals surface area contributed by atoms with Gasteiger partial charge in [0.25, 0.3) is 0 Å². The third kappa shape index (κ3) is 3.38. The Hall–Kier alpha value is -1.19. The van der Waals surface area contributed by atoms with Crippen LogP contribution in [-0.2, 0) is 9.47 Å². The molecule has 3 unspecified atom stereocenters. The summed E-state index contributed by atoms with van der Waals surface area (Å²) < 4.78 is 10.6. The topological polar surface area (TPSA) is 35.5 Å². The monoisotopic (exact) mass is 236 g/mol. The van der Waals surface area contributed by atoms with Crippen LogP contribution in [0.1, 0.15) is 24.2 Å². The van der Waals surface area contributed by atoms with E-state index in [1.807, 2.05) is 44.2 Å². The molecule has 0 aliphatic rings. The zero-order chi connectivity index (χ0) is 12.8. The van der Waals surface area contributed by atoms with Crippen LogP contribution >= 0.6 is 0 Å². The Bertz CT molecular complexity index is 348. The van der Waals surface area contributed by atoms with Gasteiger partial charge in [0.1, 0.15) is 0 Å². The highest BCUT2D eigenvalue weighted by Gasteiger charge is 2.29. The molecule has 0 radical (unpaired) electrons. The average molecular weight is 236 g/mol. The second-order valence-corrected chi connectivity index (χ2v) is 4.16. The molecule has 3 nitrogen and oxygen atoms in total. The van der Waals surface area contributed by atoms with Gasteiger partial charge in [0.2, 0.25) is 0 Å². The summed E-state index contributed by atoms with van der Waals surface area (Å²) in [7, 11) is 3.23. The van der Waals surface area contributed by atoms with Crippen LogP contribution in [-0.4, -0.2) is 32.2 Å². The maximum atomic E-state index is 12.2. The van der Waals surface area contributed by atoms with Gasteiger partial charge in [0, 0.05) is 25.7 Å². The third-order valence-electron chi connectivity index (χ3n) is 3.07. The van der Waals surface area contributed by atoms with Crippen molar-refractivity contribution >= 4 is 5.78 Å². The van der Waals surface area contributed by atoms with Crippen molar-refractivity contribution in [1.82, 2.24) is 0 Å². The standard InChI is InChI=1S/C14H20O3/c1-10(14(17-4)11(2)16-3)13(15)12-8-6-5-7-9-12/h5-11,14H,1-4H3. The molecule has 0 heterocycles. The summed E-state index contributed by atoms with van der Waals surface area (Å²) >= 11 is 0. The van der Waals surface area contributed by atoms with E-state index in [1.165, 1.54) is 0 Å². The van der Waals surface area contributed by atoms with Crippen molar-refractivity contribution < 1.29 is 14.3 Å². The van der Waals surface area contributed by atoms with Gasteiger partial charge in [-0.25, -0.2) is 0 Å². The number of carbonyl (C=O) groups is 1. The van der Waals surface area contributed by atoms with Gasteiger partial charge in [-0.3, -0.25) is 4.79 Å². The van der Waals surface area contributed by atoms with Crippen molar-refractivity contribution in [2.24, 2.45) is 5.92 Å². The lowest BCUT2D eigenvalue weighted by atomic mass is 9.91. The molecule has 0 aromatic heterocycles. The molecule has 0 amide bonds. The first-order valence-electron chi connectivity index (χ1n) is 5.76. The molecule has 3 atom stereocenters. The van der Waals surface area contributed by atoms with Gasteiger partial charge in [0.15, 0.2) is 5.78 Å². The van der Waals surface area contributed by atoms with Crippen molar-refractivity contribution in [3.63, 3.8) is 0 Å². The molecule has 0 fully saturated rings. The number of carbonyl (C=O) groups excluding carboxylic acids is 1. The van der Waals surface area contributed by atoms with Crippen LogP contribution in [0, 0.1) is 5.92 Å². The number of hydrogen-bond donors (Lipinski definition) is 0. The zero-order valence-electron chi connectivity index (χ0n) is 10.8. The highest BCUT2D eigenvalue weighted by Crippen LogP contribution is 2.18. The van der Waals surface area contributed by atoms with E-state index in [4.69, 9.17) is 9.47 Å². The van der Waals surface area contributed by atoms with Crippen LogP contribution in [0.2, 0.25) is 0 Å². The number of methoxy groups -OCH3 is 2. The van der Waals surface area contributed by atoms with Gasteiger partial charge in [-0.2, -0.15) is 0 Å². The summed E-state index contributed by atoms with van der Waals surface area (Å²) in [6, 6.07) is 9.27. The van der Waals surface area contributed by atoms with E-state index in [-0.39, 0.29) is 23.9 Å². The molecule has 0 bridgehead atoms. The number of Topliss-reactive ketones (excluding diaryl/α,β-unsaturated/α-hetero) is 1. The average Bonchev–Trinajstić information content (AvgIpc) is 2.39. The summed E-state index contributed by atoms with van der Waals surface area (Å²) in [6.45, 7) is 3.78. The predicted octanol–water partition coefficient (Wildman–Crippen LogP) is 2.56. The van der Waals surface area contributed by atoms with Crippen LogP contribution in [0.3, 0.4) is 0 Å². The largest absolute Gasteiger partial charge is 0.379 e. The molecule has 3 heteroatoms. The lowest BCUT2D eigenvalue weighted by molar-refractivity contribution is -0.0462. The van der Waals surface area contributed by atoms with Crippen molar-refractivity contribution in [3.05, 3.63) is 35.9 Å². The fraction of sp³-hybridized carbons (Fsp3) is 0.500.